The fraction of sp³-hybridized carbons (Fsp3) is 0.421. The van der Waals surface area contributed by atoms with Crippen molar-refractivity contribution in [1.29, 1.82) is 0 Å². The first-order valence-corrected chi connectivity index (χ1v) is 9.41. The Balaban J connectivity index is 1.81. The normalized spacial score (nSPS) is 15.5. The van der Waals surface area contributed by atoms with E-state index in [4.69, 9.17) is 4.52 Å². The molecule has 5 nitrogen and oxygen atoms in total. The first-order valence-electron chi connectivity index (χ1n) is 8.59. The average Bonchev–Trinajstić information content (AvgIpc) is 3.28. The molecule has 0 radical (unpaired) electrons. The number of aromatic nitrogens is 2. The number of fused-ring (bicyclic) bond motifs is 1. The minimum Gasteiger partial charge on any atom is -0.349 e. The number of amides is 1. The number of hydrogen-bond acceptors (Lipinski definition) is 5. The second kappa shape index (κ2) is 5.95. The van der Waals surface area contributed by atoms with E-state index in [1.807, 2.05) is 13.0 Å². The number of nitrogens with one attached hydrogen (secondary N) is 1. The molecule has 1 aliphatic carbocycles. The summed E-state index contributed by atoms with van der Waals surface area (Å²) >= 11 is 1.72. The topological polar surface area (TPSA) is 68.0 Å². The van der Waals surface area contributed by atoms with Crippen LogP contribution in [0.1, 0.15) is 45.6 Å². The molecule has 0 aliphatic heterocycles. The molecule has 1 aliphatic rings. The Morgan fingerprint density at radius 3 is 2.72 bits per heavy atom. The summed E-state index contributed by atoms with van der Waals surface area (Å²) in [5.41, 5.74) is 3.51. The highest BCUT2D eigenvalue weighted by atomic mass is 32.1. The van der Waals surface area contributed by atoms with Gasteiger partial charge in [-0.3, -0.25) is 4.79 Å². The molecule has 1 unspecified atom stereocenters. The molecule has 6 heteroatoms. The van der Waals surface area contributed by atoms with E-state index in [0.29, 0.717) is 28.3 Å². The Morgan fingerprint density at radius 2 is 2.08 bits per heavy atom. The maximum Gasteiger partial charge on any atom is 0.259 e. The van der Waals surface area contributed by atoms with E-state index in [1.165, 1.54) is 22.6 Å². The lowest BCUT2D eigenvalue weighted by atomic mass is 10.0. The van der Waals surface area contributed by atoms with Gasteiger partial charge in [-0.2, -0.15) is 0 Å². The number of aryl methyl sites for hydroxylation is 3. The number of hydrogen-bond donors (Lipinski definition) is 1. The summed E-state index contributed by atoms with van der Waals surface area (Å²) in [6.45, 7) is 8.05. The van der Waals surface area contributed by atoms with Crippen molar-refractivity contribution in [2.45, 2.75) is 46.6 Å². The van der Waals surface area contributed by atoms with Gasteiger partial charge in [-0.15, -0.1) is 11.3 Å². The molecule has 3 heterocycles. The Labute approximate surface area is 150 Å². The molecule has 0 aromatic carbocycles. The maximum absolute atomic E-state index is 12.9. The summed E-state index contributed by atoms with van der Waals surface area (Å²) in [4.78, 5) is 19.9. The number of thiophene rings is 1. The lowest BCUT2D eigenvalue weighted by molar-refractivity contribution is 0.0937. The molecular weight excluding hydrogens is 334 g/mol. The molecule has 4 rings (SSSR count). The van der Waals surface area contributed by atoms with Gasteiger partial charge in [0.05, 0.1) is 22.3 Å². The van der Waals surface area contributed by atoms with E-state index >= 15 is 0 Å². The number of carbonyl (C=O) groups is 1. The van der Waals surface area contributed by atoms with Crippen LogP contribution in [0.15, 0.2) is 16.7 Å². The van der Waals surface area contributed by atoms with Gasteiger partial charge < -0.3 is 9.84 Å². The van der Waals surface area contributed by atoms with Crippen LogP contribution in [0.5, 0.6) is 0 Å². The van der Waals surface area contributed by atoms with Crippen LogP contribution >= 0.6 is 11.3 Å². The smallest absolute Gasteiger partial charge is 0.259 e. The summed E-state index contributed by atoms with van der Waals surface area (Å²) in [5.74, 6) is 0.523. The van der Waals surface area contributed by atoms with Crippen molar-refractivity contribution in [3.63, 3.8) is 0 Å². The van der Waals surface area contributed by atoms with Gasteiger partial charge in [0.15, 0.2) is 0 Å². The van der Waals surface area contributed by atoms with E-state index in [0.717, 1.165) is 11.3 Å². The van der Waals surface area contributed by atoms with Crippen LogP contribution in [0.2, 0.25) is 0 Å². The Kier molecular flexibility index (Phi) is 3.87. The number of nitrogens with zero attached hydrogens (tertiary/aromatic N) is 2. The van der Waals surface area contributed by atoms with Crippen molar-refractivity contribution in [3.05, 3.63) is 33.1 Å². The molecule has 0 saturated heterocycles. The van der Waals surface area contributed by atoms with Crippen molar-refractivity contribution in [2.75, 3.05) is 0 Å². The Hall–Kier alpha value is -2.21. The fourth-order valence-corrected chi connectivity index (χ4v) is 4.23. The minimum absolute atomic E-state index is 0.0797. The Morgan fingerprint density at radius 1 is 1.32 bits per heavy atom. The zero-order valence-corrected chi connectivity index (χ0v) is 15.7. The van der Waals surface area contributed by atoms with E-state index in [-0.39, 0.29) is 11.9 Å². The van der Waals surface area contributed by atoms with Crippen molar-refractivity contribution in [1.82, 2.24) is 15.5 Å². The van der Waals surface area contributed by atoms with Crippen LogP contribution in [-0.2, 0) is 0 Å². The fourth-order valence-electron chi connectivity index (χ4n) is 3.30. The first-order chi connectivity index (χ1) is 11.9. The number of rotatable bonds is 4. The lowest BCUT2D eigenvalue weighted by Gasteiger charge is -2.13. The summed E-state index contributed by atoms with van der Waals surface area (Å²) in [7, 11) is 0. The molecule has 0 spiro atoms. The summed E-state index contributed by atoms with van der Waals surface area (Å²) < 4.78 is 5.38. The van der Waals surface area contributed by atoms with Gasteiger partial charge in [0, 0.05) is 21.4 Å². The molecular formula is C19H21N3O2S. The molecule has 0 bridgehead atoms. The van der Waals surface area contributed by atoms with Crippen molar-refractivity contribution < 1.29 is 9.32 Å². The third-order valence-corrected chi connectivity index (χ3v) is 5.83. The molecule has 25 heavy (non-hydrogen) atoms. The van der Waals surface area contributed by atoms with Crippen LogP contribution in [0.3, 0.4) is 0 Å². The Bertz CT molecular complexity index is 969. The second-order valence-electron chi connectivity index (χ2n) is 6.93. The average molecular weight is 355 g/mol. The van der Waals surface area contributed by atoms with Gasteiger partial charge in [-0.1, -0.05) is 5.16 Å². The molecule has 1 amide bonds. The van der Waals surface area contributed by atoms with E-state index in [2.05, 4.69) is 42.3 Å². The third kappa shape index (κ3) is 2.95. The largest absolute Gasteiger partial charge is 0.349 e. The molecule has 130 valence electrons. The van der Waals surface area contributed by atoms with Crippen LogP contribution in [-0.4, -0.2) is 22.1 Å². The highest BCUT2D eigenvalue weighted by molar-refractivity contribution is 7.12. The van der Waals surface area contributed by atoms with Crippen molar-refractivity contribution in [3.8, 4) is 11.3 Å². The highest BCUT2D eigenvalue weighted by Crippen LogP contribution is 2.34. The van der Waals surface area contributed by atoms with Crippen LogP contribution in [0.25, 0.3) is 22.4 Å². The molecule has 3 aromatic rings. The molecule has 1 saturated carbocycles. The number of carbonyl (C=O) groups excluding carboxylic acids is 1. The predicted molar refractivity (Wildman–Crippen MR) is 99.0 cm³/mol. The van der Waals surface area contributed by atoms with Gasteiger partial charge in [-0.05, 0) is 58.6 Å². The van der Waals surface area contributed by atoms with Gasteiger partial charge >= 0.3 is 0 Å². The molecule has 1 N–H and O–H groups in total. The summed E-state index contributed by atoms with van der Waals surface area (Å²) in [5, 5.41) is 7.85. The summed E-state index contributed by atoms with van der Waals surface area (Å²) in [6, 6.07) is 4.16. The SMILES string of the molecule is Cc1cc(-c2cc(C(=O)NC(C)C3CC3)c3c(C)noc3n2)c(C)s1. The minimum atomic E-state index is -0.0797. The van der Waals surface area contributed by atoms with E-state index in [1.54, 1.807) is 11.3 Å². The number of pyridine rings is 1. The van der Waals surface area contributed by atoms with Gasteiger partial charge in [0.2, 0.25) is 0 Å². The second-order valence-corrected chi connectivity index (χ2v) is 8.39. The van der Waals surface area contributed by atoms with Gasteiger partial charge in [-0.25, -0.2) is 4.98 Å². The summed E-state index contributed by atoms with van der Waals surface area (Å²) in [6.07, 6.45) is 2.39. The van der Waals surface area contributed by atoms with E-state index < -0.39 is 0 Å². The predicted octanol–water partition coefficient (Wildman–Crippen LogP) is 4.40. The molecule has 1 fully saturated rings. The zero-order chi connectivity index (χ0) is 17.7. The quantitative estimate of drug-likeness (QED) is 0.753. The van der Waals surface area contributed by atoms with Crippen LogP contribution in [0, 0.1) is 26.7 Å². The van der Waals surface area contributed by atoms with Crippen LogP contribution in [0.4, 0.5) is 0 Å². The van der Waals surface area contributed by atoms with Crippen LogP contribution < -0.4 is 5.32 Å². The van der Waals surface area contributed by atoms with E-state index in [9.17, 15) is 4.79 Å². The zero-order valence-electron chi connectivity index (χ0n) is 14.8. The molecule has 3 aromatic heterocycles. The van der Waals surface area contributed by atoms with Gasteiger partial charge in [0.1, 0.15) is 0 Å². The monoisotopic (exact) mass is 355 g/mol. The first kappa shape index (κ1) is 16.3. The van der Waals surface area contributed by atoms with Gasteiger partial charge in [0.25, 0.3) is 11.6 Å². The maximum atomic E-state index is 12.9. The standard InChI is InChI=1S/C19H21N3O2S/c1-9-7-14(12(4)25-9)16-8-15(17-11(3)22-24-19(17)21-16)18(23)20-10(2)13-5-6-13/h7-8,10,13H,5-6H2,1-4H3,(H,20,23). The third-order valence-electron chi connectivity index (χ3n) is 4.87. The highest BCUT2D eigenvalue weighted by Gasteiger charge is 2.30. The van der Waals surface area contributed by atoms with Crippen molar-refractivity contribution >= 4 is 28.3 Å². The molecule has 1 atom stereocenters. The van der Waals surface area contributed by atoms with Crippen molar-refractivity contribution in [2.24, 2.45) is 5.92 Å². The lowest BCUT2D eigenvalue weighted by Crippen LogP contribution is -2.34.